The highest BCUT2D eigenvalue weighted by atomic mass is 16.5. The molecule has 1 heterocycles. The third kappa shape index (κ3) is 3.06. The Labute approximate surface area is 102 Å². The van der Waals surface area contributed by atoms with Gasteiger partial charge in [0.2, 0.25) is 5.91 Å². The average Bonchev–Trinajstić information content (AvgIpc) is 2.39. The van der Waals surface area contributed by atoms with Gasteiger partial charge in [-0.2, -0.15) is 0 Å². The number of hydrogen-bond acceptors (Lipinski definition) is 3. The molecule has 1 saturated carbocycles. The average molecular weight is 239 g/mol. The first kappa shape index (κ1) is 12.6. The van der Waals surface area contributed by atoms with Crippen LogP contribution in [0, 0.1) is 5.92 Å². The van der Waals surface area contributed by atoms with E-state index in [1.165, 1.54) is 0 Å². The molecular weight excluding hydrogens is 218 g/mol. The number of ether oxygens (including phenoxy) is 1. The molecule has 1 aliphatic carbocycles. The first-order valence-electron chi connectivity index (χ1n) is 6.54. The smallest absolute Gasteiger partial charge is 0.225 e. The second-order valence-corrected chi connectivity index (χ2v) is 5.11. The van der Waals surface area contributed by atoms with E-state index in [9.17, 15) is 9.59 Å². The monoisotopic (exact) mass is 239 g/mol. The number of ketones is 1. The predicted molar refractivity (Wildman–Crippen MR) is 63.6 cm³/mol. The van der Waals surface area contributed by atoms with Gasteiger partial charge >= 0.3 is 0 Å². The van der Waals surface area contributed by atoms with Gasteiger partial charge in [-0.3, -0.25) is 9.59 Å². The van der Waals surface area contributed by atoms with Crippen LogP contribution in [0.15, 0.2) is 0 Å². The minimum Gasteiger partial charge on any atom is -0.381 e. The summed E-state index contributed by atoms with van der Waals surface area (Å²) in [6.45, 7) is 1.40. The second kappa shape index (κ2) is 5.63. The lowest BCUT2D eigenvalue weighted by molar-refractivity contribution is -0.141. The third-order valence-corrected chi connectivity index (χ3v) is 3.98. The molecule has 0 aromatic heterocycles. The molecule has 0 unspecified atom stereocenters. The van der Waals surface area contributed by atoms with Crippen LogP contribution in [0.25, 0.3) is 0 Å². The van der Waals surface area contributed by atoms with Crippen molar-refractivity contribution in [3.8, 4) is 0 Å². The fraction of sp³-hybridized carbons (Fsp3) is 0.846. The van der Waals surface area contributed by atoms with E-state index in [1.807, 2.05) is 11.9 Å². The summed E-state index contributed by atoms with van der Waals surface area (Å²) in [4.78, 5) is 25.3. The largest absolute Gasteiger partial charge is 0.381 e. The number of Topliss-reactive ketones (excluding diaryl/α,β-unsaturated/α-hetero) is 1. The molecule has 0 aromatic rings. The van der Waals surface area contributed by atoms with Gasteiger partial charge in [-0.05, 0) is 25.7 Å². The SMILES string of the molecule is CN(C(=O)C1CCOCC1)C1CCC(=O)CC1. The molecule has 2 aliphatic rings. The molecule has 0 N–H and O–H groups in total. The summed E-state index contributed by atoms with van der Waals surface area (Å²) in [7, 11) is 1.89. The van der Waals surface area contributed by atoms with Crippen molar-refractivity contribution in [3.63, 3.8) is 0 Å². The van der Waals surface area contributed by atoms with Crippen molar-refractivity contribution < 1.29 is 14.3 Å². The maximum Gasteiger partial charge on any atom is 0.225 e. The van der Waals surface area contributed by atoms with Crippen molar-refractivity contribution >= 4 is 11.7 Å². The minimum absolute atomic E-state index is 0.131. The van der Waals surface area contributed by atoms with E-state index in [-0.39, 0.29) is 17.9 Å². The van der Waals surface area contributed by atoms with Gasteiger partial charge < -0.3 is 9.64 Å². The predicted octanol–water partition coefficient (Wildman–Crippen LogP) is 1.38. The fourth-order valence-corrected chi connectivity index (χ4v) is 2.72. The van der Waals surface area contributed by atoms with Crippen molar-refractivity contribution in [1.29, 1.82) is 0 Å². The van der Waals surface area contributed by atoms with Gasteiger partial charge in [0, 0.05) is 45.1 Å². The summed E-state index contributed by atoms with van der Waals surface area (Å²) in [5, 5.41) is 0. The number of carbonyl (C=O) groups excluding carboxylic acids is 2. The standard InChI is InChI=1S/C13H21NO3/c1-14(11-2-4-12(15)5-3-11)13(16)10-6-8-17-9-7-10/h10-11H,2-9H2,1H3. The Morgan fingerprint density at radius 1 is 1.18 bits per heavy atom. The van der Waals surface area contributed by atoms with E-state index in [4.69, 9.17) is 4.74 Å². The van der Waals surface area contributed by atoms with E-state index in [0.717, 1.165) is 25.7 Å². The highest BCUT2D eigenvalue weighted by Crippen LogP contribution is 2.23. The first-order valence-corrected chi connectivity index (χ1v) is 6.54. The lowest BCUT2D eigenvalue weighted by Gasteiger charge is -2.34. The summed E-state index contributed by atoms with van der Waals surface area (Å²) in [6, 6.07) is 0.267. The van der Waals surface area contributed by atoms with Gasteiger partial charge in [0.25, 0.3) is 0 Å². The summed E-state index contributed by atoms with van der Waals surface area (Å²) < 4.78 is 5.27. The first-order chi connectivity index (χ1) is 8.18. The number of amides is 1. The fourth-order valence-electron chi connectivity index (χ4n) is 2.72. The number of carbonyl (C=O) groups is 2. The molecule has 0 atom stereocenters. The van der Waals surface area contributed by atoms with Gasteiger partial charge in [-0.25, -0.2) is 0 Å². The van der Waals surface area contributed by atoms with Gasteiger partial charge in [0.05, 0.1) is 0 Å². The van der Waals surface area contributed by atoms with Crippen molar-refractivity contribution in [2.24, 2.45) is 5.92 Å². The number of hydrogen-bond donors (Lipinski definition) is 0. The Morgan fingerprint density at radius 3 is 2.35 bits per heavy atom. The lowest BCUT2D eigenvalue weighted by atomic mass is 9.91. The van der Waals surface area contributed by atoms with E-state index in [0.29, 0.717) is 31.8 Å². The van der Waals surface area contributed by atoms with Gasteiger partial charge in [0.1, 0.15) is 5.78 Å². The molecule has 4 nitrogen and oxygen atoms in total. The van der Waals surface area contributed by atoms with Crippen molar-refractivity contribution in [2.75, 3.05) is 20.3 Å². The highest BCUT2D eigenvalue weighted by Gasteiger charge is 2.30. The molecular formula is C13H21NO3. The summed E-state index contributed by atoms with van der Waals surface area (Å²) in [6.07, 6.45) is 4.63. The normalized spacial score (nSPS) is 23.7. The van der Waals surface area contributed by atoms with E-state index in [2.05, 4.69) is 0 Å². The lowest BCUT2D eigenvalue weighted by Crippen LogP contribution is -2.43. The Bertz CT molecular complexity index is 287. The quantitative estimate of drug-likeness (QED) is 0.731. The Balaban J connectivity index is 1.87. The van der Waals surface area contributed by atoms with Crippen LogP contribution in [0.2, 0.25) is 0 Å². The van der Waals surface area contributed by atoms with Gasteiger partial charge in [0.15, 0.2) is 0 Å². The third-order valence-electron chi connectivity index (χ3n) is 3.98. The van der Waals surface area contributed by atoms with Crippen LogP contribution in [0.1, 0.15) is 38.5 Å². The van der Waals surface area contributed by atoms with E-state index >= 15 is 0 Å². The molecule has 1 amide bonds. The molecule has 0 aromatic carbocycles. The molecule has 0 radical (unpaired) electrons. The van der Waals surface area contributed by atoms with Gasteiger partial charge in [-0.1, -0.05) is 0 Å². The van der Waals surface area contributed by atoms with Crippen LogP contribution in [0.5, 0.6) is 0 Å². The van der Waals surface area contributed by atoms with Crippen LogP contribution in [0.3, 0.4) is 0 Å². The van der Waals surface area contributed by atoms with Crippen molar-refractivity contribution in [2.45, 2.75) is 44.6 Å². The maximum atomic E-state index is 12.3. The number of nitrogens with zero attached hydrogens (tertiary/aromatic N) is 1. The molecule has 2 fully saturated rings. The van der Waals surface area contributed by atoms with Crippen molar-refractivity contribution in [1.82, 2.24) is 4.90 Å². The van der Waals surface area contributed by atoms with Crippen molar-refractivity contribution in [3.05, 3.63) is 0 Å². The highest BCUT2D eigenvalue weighted by molar-refractivity contribution is 5.81. The molecule has 96 valence electrons. The number of rotatable bonds is 2. The topological polar surface area (TPSA) is 46.6 Å². The molecule has 17 heavy (non-hydrogen) atoms. The van der Waals surface area contributed by atoms with Gasteiger partial charge in [-0.15, -0.1) is 0 Å². The second-order valence-electron chi connectivity index (χ2n) is 5.11. The minimum atomic E-state index is 0.131. The van der Waals surface area contributed by atoms with E-state index in [1.54, 1.807) is 0 Å². The zero-order valence-corrected chi connectivity index (χ0v) is 10.5. The zero-order chi connectivity index (χ0) is 12.3. The van der Waals surface area contributed by atoms with Crippen LogP contribution in [-0.4, -0.2) is 42.9 Å². The molecule has 1 aliphatic heterocycles. The molecule has 0 bridgehead atoms. The molecule has 0 spiro atoms. The van der Waals surface area contributed by atoms with E-state index < -0.39 is 0 Å². The summed E-state index contributed by atoms with van der Waals surface area (Å²) in [5.74, 6) is 0.715. The summed E-state index contributed by atoms with van der Waals surface area (Å²) in [5.41, 5.74) is 0. The molecule has 2 rings (SSSR count). The van der Waals surface area contributed by atoms with Crippen LogP contribution >= 0.6 is 0 Å². The Kier molecular flexibility index (Phi) is 4.15. The Morgan fingerprint density at radius 2 is 1.76 bits per heavy atom. The maximum absolute atomic E-state index is 12.3. The molecule has 1 saturated heterocycles. The summed E-state index contributed by atoms with van der Waals surface area (Å²) >= 11 is 0. The molecule has 4 heteroatoms. The zero-order valence-electron chi connectivity index (χ0n) is 10.5. The Hall–Kier alpha value is -0.900. The van der Waals surface area contributed by atoms with Crippen LogP contribution < -0.4 is 0 Å². The van der Waals surface area contributed by atoms with Crippen LogP contribution in [0.4, 0.5) is 0 Å². The van der Waals surface area contributed by atoms with Crippen LogP contribution in [-0.2, 0) is 14.3 Å².